The van der Waals surface area contributed by atoms with Gasteiger partial charge in [-0.2, -0.15) is 0 Å². The number of hydrogen-bond donors (Lipinski definition) is 2. The van der Waals surface area contributed by atoms with E-state index in [2.05, 4.69) is 27.8 Å². The van der Waals surface area contributed by atoms with Crippen LogP contribution in [0.2, 0.25) is 0 Å². The molecule has 0 aliphatic carbocycles. The molecular weight excluding hydrogens is 413 g/mol. The number of nitrogens with two attached hydrogens (primary N) is 1. The van der Waals surface area contributed by atoms with Crippen molar-refractivity contribution < 1.29 is 27.8 Å². The number of halogens is 3. The van der Waals surface area contributed by atoms with Crippen LogP contribution in [0, 0.1) is 0 Å². The van der Waals surface area contributed by atoms with Crippen LogP contribution in [-0.2, 0) is 4.74 Å². The average Bonchev–Trinajstić information content (AvgIpc) is 2.74. The monoisotopic (exact) mass is 442 g/mol. The number of aliphatic hydroxyl groups is 1. The minimum atomic E-state index is -4.87. The maximum absolute atomic E-state index is 12.6. The van der Waals surface area contributed by atoms with Crippen LogP contribution < -0.4 is 10.5 Å². The second-order valence-corrected chi connectivity index (χ2v) is 7.00. The van der Waals surface area contributed by atoms with Crippen molar-refractivity contribution in [1.82, 2.24) is 14.8 Å². The quantitative estimate of drug-likeness (QED) is 0.575. The third-order valence-corrected chi connectivity index (χ3v) is 4.86. The van der Waals surface area contributed by atoms with Crippen molar-refractivity contribution in [2.75, 3.05) is 45.2 Å². The summed E-state index contributed by atoms with van der Waals surface area (Å²) < 4.78 is 47.2. The Morgan fingerprint density at radius 3 is 2.65 bits per heavy atom. The van der Waals surface area contributed by atoms with E-state index < -0.39 is 12.1 Å². The summed E-state index contributed by atoms with van der Waals surface area (Å²) in [6, 6.07) is 1.21. The second kappa shape index (κ2) is 11.1. The number of rotatable bonds is 10. The molecule has 0 spiro atoms. The molecule has 0 saturated carbocycles. The number of hydrogen-bond acceptors (Lipinski definition) is 7. The first-order valence-electron chi connectivity index (χ1n) is 9.92. The Morgan fingerprint density at radius 1 is 1.39 bits per heavy atom. The van der Waals surface area contributed by atoms with Crippen LogP contribution in [0.5, 0.6) is 5.75 Å². The molecule has 1 fully saturated rings. The molecule has 0 aromatic carbocycles. The summed E-state index contributed by atoms with van der Waals surface area (Å²) in [4.78, 5) is 7.75. The van der Waals surface area contributed by atoms with E-state index in [1.54, 1.807) is 11.1 Å². The van der Waals surface area contributed by atoms with Gasteiger partial charge >= 0.3 is 6.36 Å². The molecule has 0 atom stereocenters. The van der Waals surface area contributed by atoms with Gasteiger partial charge in [-0.15, -0.1) is 13.2 Å². The van der Waals surface area contributed by atoms with E-state index in [1.165, 1.54) is 12.3 Å². The van der Waals surface area contributed by atoms with E-state index in [9.17, 15) is 18.3 Å². The molecule has 0 radical (unpaired) electrons. The maximum atomic E-state index is 12.6. The van der Waals surface area contributed by atoms with Crippen LogP contribution in [-0.4, -0.2) is 65.7 Å². The summed E-state index contributed by atoms with van der Waals surface area (Å²) in [7, 11) is 0. The van der Waals surface area contributed by atoms with Crippen molar-refractivity contribution in [2.45, 2.75) is 26.1 Å². The molecule has 1 aliphatic heterocycles. The number of allylic oxidation sites excluding steroid dienone is 1. The molecule has 0 unspecified atom stereocenters. The molecular formula is C21H29F3N4O3. The highest BCUT2D eigenvalue weighted by Gasteiger charge is 2.32. The first kappa shape index (κ1) is 24.5. The Kier molecular flexibility index (Phi) is 8.76. The van der Waals surface area contributed by atoms with Crippen molar-refractivity contribution >= 4 is 11.4 Å². The molecule has 2 rings (SSSR count). The average molecular weight is 442 g/mol. The highest BCUT2D eigenvalue weighted by molar-refractivity contribution is 5.67. The summed E-state index contributed by atoms with van der Waals surface area (Å²) in [6.07, 6.45) is -0.622. The van der Waals surface area contributed by atoms with Crippen molar-refractivity contribution in [3.8, 4) is 5.75 Å². The molecule has 1 saturated heterocycles. The summed E-state index contributed by atoms with van der Waals surface area (Å²) in [5, 5.41) is 9.59. The van der Waals surface area contributed by atoms with E-state index in [-0.39, 0.29) is 12.4 Å². The highest BCUT2D eigenvalue weighted by atomic mass is 19.4. The lowest BCUT2D eigenvalue weighted by atomic mass is 10.1. The van der Waals surface area contributed by atoms with Crippen LogP contribution in [0.15, 0.2) is 43.0 Å². The molecule has 0 amide bonds. The number of pyridine rings is 1. The van der Waals surface area contributed by atoms with Gasteiger partial charge in [0, 0.05) is 55.4 Å². The predicted octanol–water partition coefficient (Wildman–Crippen LogP) is 3.36. The minimum absolute atomic E-state index is 0.264. The Labute approximate surface area is 180 Å². The standard InChI is InChI=1S/C21H29F3N4O3/c1-4-17(18-11-19(20(25)26-12-18)31-21(22,23)24)13-28(16(3)14-29)6-5-15(2)27-7-9-30-10-8-27/h11-13,29H,2-10,14H2,1H3,(H2,25,26)/b17-13+. The lowest BCUT2D eigenvalue weighted by Crippen LogP contribution is -2.36. The van der Waals surface area contributed by atoms with Gasteiger partial charge < -0.3 is 30.1 Å². The zero-order valence-corrected chi connectivity index (χ0v) is 17.6. The fraction of sp³-hybridized carbons (Fsp3) is 0.476. The lowest BCUT2D eigenvalue weighted by Gasteiger charge is -2.32. The number of aromatic nitrogens is 1. The van der Waals surface area contributed by atoms with Gasteiger partial charge in [-0.3, -0.25) is 0 Å². The summed E-state index contributed by atoms with van der Waals surface area (Å²) >= 11 is 0. The van der Waals surface area contributed by atoms with Crippen LogP contribution in [0.25, 0.3) is 5.57 Å². The van der Waals surface area contributed by atoms with E-state index in [4.69, 9.17) is 10.5 Å². The number of morpholine rings is 1. The Morgan fingerprint density at radius 2 is 2.06 bits per heavy atom. The Balaban J connectivity index is 2.21. The number of nitrogens with zero attached hydrogens (tertiary/aromatic N) is 3. The molecule has 1 aliphatic rings. The van der Waals surface area contributed by atoms with Crippen LogP contribution in [0.4, 0.5) is 19.0 Å². The van der Waals surface area contributed by atoms with Crippen molar-refractivity contribution in [1.29, 1.82) is 0 Å². The lowest BCUT2D eigenvalue weighted by molar-refractivity contribution is -0.274. The summed E-state index contributed by atoms with van der Waals surface area (Å²) in [5.74, 6) is -0.910. The van der Waals surface area contributed by atoms with Crippen molar-refractivity contribution in [3.05, 3.63) is 48.6 Å². The van der Waals surface area contributed by atoms with Gasteiger partial charge in [0.25, 0.3) is 0 Å². The first-order valence-corrected chi connectivity index (χ1v) is 9.92. The number of anilines is 1. The molecule has 3 N–H and O–H groups in total. The van der Waals surface area contributed by atoms with Gasteiger partial charge in [0.05, 0.1) is 19.8 Å². The van der Waals surface area contributed by atoms with Crippen molar-refractivity contribution in [2.24, 2.45) is 0 Å². The van der Waals surface area contributed by atoms with Crippen LogP contribution in [0.3, 0.4) is 0 Å². The van der Waals surface area contributed by atoms with E-state index in [1.807, 2.05) is 6.92 Å². The Bertz CT molecular complexity index is 806. The smallest absolute Gasteiger partial charge is 0.402 e. The van der Waals surface area contributed by atoms with E-state index in [0.29, 0.717) is 49.4 Å². The zero-order chi connectivity index (χ0) is 23.0. The van der Waals surface area contributed by atoms with Crippen LogP contribution >= 0.6 is 0 Å². The van der Waals surface area contributed by atoms with Gasteiger partial charge in [-0.25, -0.2) is 4.98 Å². The number of ether oxygens (including phenoxy) is 2. The normalized spacial score (nSPS) is 15.0. The SMILES string of the molecule is C=C(CO)N(/C=C(\CC)c1cnc(N)c(OC(F)(F)F)c1)CCC(=C)N1CCOCC1. The van der Waals surface area contributed by atoms with Gasteiger partial charge in [-0.05, 0) is 18.1 Å². The molecule has 1 aromatic heterocycles. The molecule has 1 aromatic rings. The van der Waals surface area contributed by atoms with Gasteiger partial charge in [0.2, 0.25) is 0 Å². The fourth-order valence-corrected chi connectivity index (χ4v) is 3.09. The number of alkyl halides is 3. The van der Waals surface area contributed by atoms with E-state index in [0.717, 1.165) is 18.8 Å². The van der Waals surface area contributed by atoms with E-state index >= 15 is 0 Å². The molecule has 10 heteroatoms. The number of aliphatic hydroxyl groups excluding tert-OH is 1. The van der Waals surface area contributed by atoms with Crippen LogP contribution in [0.1, 0.15) is 25.3 Å². The zero-order valence-electron chi connectivity index (χ0n) is 17.6. The molecule has 2 heterocycles. The number of nitrogen functional groups attached to an aromatic ring is 1. The molecule has 31 heavy (non-hydrogen) atoms. The topological polar surface area (TPSA) is 84.1 Å². The summed E-state index contributed by atoms with van der Waals surface area (Å²) in [5.41, 5.74) is 8.04. The van der Waals surface area contributed by atoms with Gasteiger partial charge in [0.1, 0.15) is 0 Å². The Hall–Kier alpha value is -2.72. The maximum Gasteiger partial charge on any atom is 0.573 e. The molecule has 0 bridgehead atoms. The van der Waals surface area contributed by atoms with Gasteiger partial charge in [-0.1, -0.05) is 20.1 Å². The fourth-order valence-electron chi connectivity index (χ4n) is 3.09. The predicted molar refractivity (Wildman–Crippen MR) is 113 cm³/mol. The highest BCUT2D eigenvalue weighted by Crippen LogP contribution is 2.31. The molecule has 172 valence electrons. The second-order valence-electron chi connectivity index (χ2n) is 7.00. The minimum Gasteiger partial charge on any atom is -0.402 e. The largest absolute Gasteiger partial charge is 0.573 e. The molecule has 7 nitrogen and oxygen atoms in total. The first-order chi connectivity index (χ1) is 14.6. The third kappa shape index (κ3) is 7.48. The summed E-state index contributed by atoms with van der Waals surface area (Å²) in [6.45, 7) is 13.0. The van der Waals surface area contributed by atoms with Crippen molar-refractivity contribution in [3.63, 3.8) is 0 Å². The van der Waals surface area contributed by atoms with Gasteiger partial charge in [0.15, 0.2) is 11.6 Å². The third-order valence-electron chi connectivity index (χ3n) is 4.86.